The molecule has 1 aliphatic rings. The van der Waals surface area contributed by atoms with Crippen LogP contribution >= 0.6 is 15.9 Å². The summed E-state index contributed by atoms with van der Waals surface area (Å²) in [5.74, 6) is 0.708. The molecule has 0 radical (unpaired) electrons. The fourth-order valence-corrected chi connectivity index (χ4v) is 3.11. The molecule has 1 saturated heterocycles. The number of hydrogen-bond donors (Lipinski definition) is 1. The van der Waals surface area contributed by atoms with Gasteiger partial charge in [-0.05, 0) is 59.3 Å². The Morgan fingerprint density at radius 3 is 2.67 bits per heavy atom. The maximum absolute atomic E-state index is 5.92. The van der Waals surface area contributed by atoms with E-state index in [4.69, 9.17) is 10.5 Å². The molecule has 0 unspecified atom stereocenters. The summed E-state index contributed by atoms with van der Waals surface area (Å²) in [6.07, 6.45) is 2.40. The Balaban J connectivity index is 2.07. The van der Waals surface area contributed by atoms with Crippen LogP contribution in [0.4, 0.5) is 11.4 Å². The fraction of sp³-hybridized carbons (Fsp3) is 0.571. The van der Waals surface area contributed by atoms with Gasteiger partial charge in [0, 0.05) is 37.0 Å². The van der Waals surface area contributed by atoms with Crippen molar-refractivity contribution in [3.8, 4) is 0 Å². The molecule has 0 aromatic heterocycles. The van der Waals surface area contributed by atoms with Crippen LogP contribution in [0.3, 0.4) is 0 Å². The van der Waals surface area contributed by atoms with E-state index in [-0.39, 0.29) is 0 Å². The summed E-state index contributed by atoms with van der Waals surface area (Å²) in [5, 5.41) is 0. The van der Waals surface area contributed by atoms with E-state index < -0.39 is 0 Å². The summed E-state index contributed by atoms with van der Waals surface area (Å²) >= 11 is 3.62. The third kappa shape index (κ3) is 2.98. The second-order valence-electron chi connectivity index (χ2n) is 5.05. The highest BCUT2D eigenvalue weighted by atomic mass is 79.9. The van der Waals surface area contributed by atoms with Crippen LogP contribution in [-0.4, -0.2) is 26.8 Å². The highest BCUT2D eigenvalue weighted by Gasteiger charge is 2.21. The van der Waals surface area contributed by atoms with Gasteiger partial charge in [-0.1, -0.05) is 0 Å². The van der Waals surface area contributed by atoms with Crippen LogP contribution in [0.1, 0.15) is 18.4 Å². The summed E-state index contributed by atoms with van der Waals surface area (Å²) in [7, 11) is 1.78. The van der Waals surface area contributed by atoms with Gasteiger partial charge >= 0.3 is 0 Å². The van der Waals surface area contributed by atoms with Crippen molar-refractivity contribution >= 4 is 27.3 Å². The SMILES string of the molecule is COCC1CCN(c2cc(C)c(N)cc2Br)CC1. The molecule has 0 saturated carbocycles. The molecule has 0 atom stereocenters. The average molecular weight is 313 g/mol. The van der Waals surface area contributed by atoms with E-state index in [0.717, 1.165) is 35.4 Å². The third-order valence-corrected chi connectivity index (χ3v) is 4.33. The summed E-state index contributed by atoms with van der Waals surface area (Å²) in [5.41, 5.74) is 9.17. The Hall–Kier alpha value is -0.740. The highest BCUT2D eigenvalue weighted by Crippen LogP contribution is 2.33. The molecule has 0 bridgehead atoms. The van der Waals surface area contributed by atoms with E-state index in [1.54, 1.807) is 7.11 Å². The quantitative estimate of drug-likeness (QED) is 0.871. The predicted molar refractivity (Wildman–Crippen MR) is 80.1 cm³/mol. The van der Waals surface area contributed by atoms with Gasteiger partial charge in [0.05, 0.1) is 5.69 Å². The number of piperidine rings is 1. The molecule has 2 N–H and O–H groups in total. The van der Waals surface area contributed by atoms with Crippen molar-refractivity contribution in [3.63, 3.8) is 0 Å². The highest BCUT2D eigenvalue weighted by molar-refractivity contribution is 9.10. The molecule has 0 aliphatic carbocycles. The minimum absolute atomic E-state index is 0.708. The summed E-state index contributed by atoms with van der Waals surface area (Å²) in [4.78, 5) is 2.43. The fourth-order valence-electron chi connectivity index (χ4n) is 2.50. The maximum atomic E-state index is 5.92. The van der Waals surface area contributed by atoms with Gasteiger partial charge in [0.1, 0.15) is 0 Å². The van der Waals surface area contributed by atoms with Crippen molar-refractivity contribution < 1.29 is 4.74 Å². The summed E-state index contributed by atoms with van der Waals surface area (Å²) in [6.45, 7) is 5.13. The normalized spacial score (nSPS) is 17.2. The van der Waals surface area contributed by atoms with Gasteiger partial charge in [-0.2, -0.15) is 0 Å². The molecule has 1 aliphatic heterocycles. The van der Waals surface area contributed by atoms with E-state index in [2.05, 4.69) is 33.8 Å². The molecule has 0 spiro atoms. The molecule has 0 amide bonds. The monoisotopic (exact) mass is 312 g/mol. The van der Waals surface area contributed by atoms with Gasteiger partial charge in [0.2, 0.25) is 0 Å². The number of anilines is 2. The molecule has 2 rings (SSSR count). The molecular formula is C14H21BrN2O. The lowest BCUT2D eigenvalue weighted by Gasteiger charge is -2.34. The lowest BCUT2D eigenvalue weighted by Crippen LogP contribution is -2.35. The minimum Gasteiger partial charge on any atom is -0.398 e. The molecule has 4 heteroatoms. The van der Waals surface area contributed by atoms with Crippen molar-refractivity contribution in [2.75, 3.05) is 37.4 Å². The van der Waals surface area contributed by atoms with Gasteiger partial charge < -0.3 is 15.4 Å². The first-order valence-corrected chi connectivity index (χ1v) is 7.20. The van der Waals surface area contributed by atoms with Crippen molar-refractivity contribution in [2.24, 2.45) is 5.92 Å². The number of nitrogens with two attached hydrogens (primary N) is 1. The number of methoxy groups -OCH3 is 1. The van der Waals surface area contributed by atoms with Crippen LogP contribution in [0.25, 0.3) is 0 Å². The number of nitrogen functional groups attached to an aromatic ring is 1. The number of aryl methyl sites for hydroxylation is 1. The smallest absolute Gasteiger partial charge is 0.0514 e. The van der Waals surface area contributed by atoms with E-state index >= 15 is 0 Å². The summed E-state index contributed by atoms with van der Waals surface area (Å²) < 4.78 is 6.33. The lowest BCUT2D eigenvalue weighted by atomic mass is 9.97. The van der Waals surface area contributed by atoms with Crippen LogP contribution in [0.5, 0.6) is 0 Å². The Labute approximate surface area is 117 Å². The molecule has 18 heavy (non-hydrogen) atoms. The van der Waals surface area contributed by atoms with E-state index in [0.29, 0.717) is 5.92 Å². The number of halogens is 1. The number of benzene rings is 1. The van der Waals surface area contributed by atoms with Crippen molar-refractivity contribution in [2.45, 2.75) is 19.8 Å². The second kappa shape index (κ2) is 5.93. The average Bonchev–Trinajstić information content (AvgIpc) is 2.35. The van der Waals surface area contributed by atoms with Crippen molar-refractivity contribution in [1.29, 1.82) is 0 Å². The molecule has 1 aromatic carbocycles. The molecule has 100 valence electrons. The lowest BCUT2D eigenvalue weighted by molar-refractivity contribution is 0.139. The number of nitrogens with zero attached hydrogens (tertiary/aromatic N) is 1. The van der Waals surface area contributed by atoms with Gasteiger partial charge in [0.25, 0.3) is 0 Å². The zero-order chi connectivity index (χ0) is 13.1. The van der Waals surface area contributed by atoms with Crippen LogP contribution in [0.2, 0.25) is 0 Å². The number of rotatable bonds is 3. The first-order valence-electron chi connectivity index (χ1n) is 6.41. The Morgan fingerprint density at radius 2 is 2.06 bits per heavy atom. The van der Waals surface area contributed by atoms with E-state index in [9.17, 15) is 0 Å². The molecular weight excluding hydrogens is 292 g/mol. The largest absolute Gasteiger partial charge is 0.398 e. The van der Waals surface area contributed by atoms with E-state index in [1.165, 1.54) is 18.5 Å². The zero-order valence-corrected chi connectivity index (χ0v) is 12.7. The maximum Gasteiger partial charge on any atom is 0.0514 e. The first kappa shape index (κ1) is 13.7. The van der Waals surface area contributed by atoms with Crippen LogP contribution < -0.4 is 10.6 Å². The van der Waals surface area contributed by atoms with Gasteiger partial charge in [-0.3, -0.25) is 0 Å². The predicted octanol–water partition coefficient (Wildman–Crippen LogP) is 3.20. The van der Waals surface area contributed by atoms with Gasteiger partial charge in [-0.25, -0.2) is 0 Å². The molecule has 3 nitrogen and oxygen atoms in total. The Morgan fingerprint density at radius 1 is 1.39 bits per heavy atom. The van der Waals surface area contributed by atoms with Crippen LogP contribution in [0, 0.1) is 12.8 Å². The van der Waals surface area contributed by atoms with Gasteiger partial charge in [-0.15, -0.1) is 0 Å². The van der Waals surface area contributed by atoms with Crippen molar-refractivity contribution in [1.82, 2.24) is 0 Å². The molecule has 1 heterocycles. The Kier molecular flexibility index (Phi) is 4.51. The van der Waals surface area contributed by atoms with Crippen LogP contribution in [0.15, 0.2) is 16.6 Å². The van der Waals surface area contributed by atoms with Gasteiger partial charge in [0.15, 0.2) is 0 Å². The first-order chi connectivity index (χ1) is 8.61. The topological polar surface area (TPSA) is 38.5 Å². The molecule has 1 fully saturated rings. The van der Waals surface area contributed by atoms with Crippen LogP contribution in [-0.2, 0) is 4.74 Å². The number of ether oxygens (including phenoxy) is 1. The summed E-state index contributed by atoms with van der Waals surface area (Å²) in [6, 6.07) is 4.18. The van der Waals surface area contributed by atoms with Crippen molar-refractivity contribution in [3.05, 3.63) is 22.2 Å². The standard InChI is InChI=1S/C14H21BrN2O/c1-10-7-14(12(15)8-13(10)16)17-5-3-11(4-6-17)9-18-2/h7-8,11H,3-6,9,16H2,1-2H3. The third-order valence-electron chi connectivity index (χ3n) is 3.69. The number of hydrogen-bond acceptors (Lipinski definition) is 3. The Bertz CT molecular complexity index is 415. The second-order valence-corrected chi connectivity index (χ2v) is 5.90. The zero-order valence-electron chi connectivity index (χ0n) is 11.1. The molecule has 1 aromatic rings. The van der Waals surface area contributed by atoms with E-state index in [1.807, 2.05) is 6.07 Å². The minimum atomic E-state index is 0.708.